The second-order valence-corrected chi connectivity index (χ2v) is 5.74. The topological polar surface area (TPSA) is 85.8 Å². The van der Waals surface area contributed by atoms with Gasteiger partial charge in [-0.2, -0.15) is 5.10 Å². The number of aryl methyl sites for hydroxylation is 2. The largest absolute Gasteiger partial charge is 0.476 e. The van der Waals surface area contributed by atoms with Crippen LogP contribution in [-0.2, 0) is 13.6 Å². The van der Waals surface area contributed by atoms with Gasteiger partial charge in [0, 0.05) is 24.8 Å². The Morgan fingerprint density at radius 2 is 2.10 bits per heavy atom. The minimum absolute atomic E-state index is 0.00789. The summed E-state index contributed by atoms with van der Waals surface area (Å²) in [5.41, 5.74) is 3.15. The van der Waals surface area contributed by atoms with Crippen molar-refractivity contribution in [2.45, 2.75) is 39.7 Å². The van der Waals surface area contributed by atoms with Crippen molar-refractivity contribution in [2.24, 2.45) is 13.0 Å². The highest BCUT2D eigenvalue weighted by atomic mass is 16.4. The maximum Gasteiger partial charge on any atom is 0.358 e. The average Bonchev–Trinajstić information content (AvgIpc) is 2.87. The van der Waals surface area contributed by atoms with Gasteiger partial charge in [0.25, 0.3) is 0 Å². The van der Waals surface area contributed by atoms with Crippen LogP contribution >= 0.6 is 0 Å². The van der Waals surface area contributed by atoms with E-state index in [1.54, 1.807) is 9.36 Å². The first-order chi connectivity index (χ1) is 9.99. The third kappa shape index (κ3) is 2.22. The standard InChI is InChI=1S/C14H19N5O2/c1-8-11(9(2)18(3)16-8)13-12(14(20)21)15-17-19(13)7-10-5-4-6-10/h10H,4-7H2,1-3H3,(H,20,21). The predicted molar refractivity (Wildman–Crippen MR) is 76.0 cm³/mol. The molecule has 2 aromatic heterocycles. The third-order valence-corrected chi connectivity index (χ3v) is 4.34. The molecule has 0 aliphatic heterocycles. The Morgan fingerprint density at radius 3 is 2.57 bits per heavy atom. The van der Waals surface area contributed by atoms with Crippen molar-refractivity contribution in [1.82, 2.24) is 24.8 Å². The van der Waals surface area contributed by atoms with E-state index in [4.69, 9.17) is 0 Å². The molecule has 1 saturated carbocycles. The minimum Gasteiger partial charge on any atom is -0.476 e. The normalized spacial score (nSPS) is 15.2. The molecule has 7 heteroatoms. The Bertz CT molecular complexity index is 697. The lowest BCUT2D eigenvalue weighted by atomic mass is 9.85. The van der Waals surface area contributed by atoms with Crippen LogP contribution in [0.1, 0.15) is 41.1 Å². The van der Waals surface area contributed by atoms with Crippen LogP contribution in [0.5, 0.6) is 0 Å². The van der Waals surface area contributed by atoms with Crippen LogP contribution in [0.3, 0.4) is 0 Å². The van der Waals surface area contributed by atoms with E-state index in [1.807, 2.05) is 20.9 Å². The van der Waals surface area contributed by atoms with E-state index < -0.39 is 5.97 Å². The van der Waals surface area contributed by atoms with Crippen molar-refractivity contribution >= 4 is 5.97 Å². The van der Waals surface area contributed by atoms with E-state index >= 15 is 0 Å². The molecule has 1 aliphatic carbocycles. The third-order valence-electron chi connectivity index (χ3n) is 4.34. The van der Waals surface area contributed by atoms with Gasteiger partial charge in [-0.05, 0) is 32.6 Å². The van der Waals surface area contributed by atoms with Gasteiger partial charge in [0.1, 0.15) is 5.69 Å². The van der Waals surface area contributed by atoms with E-state index in [9.17, 15) is 9.90 Å². The smallest absolute Gasteiger partial charge is 0.358 e. The number of hydrogen-bond acceptors (Lipinski definition) is 4. The molecule has 0 radical (unpaired) electrons. The summed E-state index contributed by atoms with van der Waals surface area (Å²) in [6.07, 6.45) is 3.59. The van der Waals surface area contributed by atoms with Crippen LogP contribution in [-0.4, -0.2) is 35.9 Å². The van der Waals surface area contributed by atoms with E-state index in [2.05, 4.69) is 15.4 Å². The molecule has 0 saturated heterocycles. The summed E-state index contributed by atoms with van der Waals surface area (Å²) >= 11 is 0. The molecule has 2 heterocycles. The van der Waals surface area contributed by atoms with Crippen LogP contribution in [0.4, 0.5) is 0 Å². The van der Waals surface area contributed by atoms with Crippen molar-refractivity contribution in [3.63, 3.8) is 0 Å². The highest BCUT2D eigenvalue weighted by Crippen LogP contribution is 2.32. The van der Waals surface area contributed by atoms with Crippen LogP contribution in [0.25, 0.3) is 11.3 Å². The van der Waals surface area contributed by atoms with Crippen molar-refractivity contribution in [3.05, 3.63) is 17.1 Å². The molecule has 0 aromatic carbocycles. The number of rotatable bonds is 4. The van der Waals surface area contributed by atoms with Crippen LogP contribution in [0.2, 0.25) is 0 Å². The number of carbonyl (C=O) groups is 1. The number of carboxylic acid groups (broad SMARTS) is 1. The maximum atomic E-state index is 11.5. The number of hydrogen-bond donors (Lipinski definition) is 1. The fourth-order valence-electron chi connectivity index (χ4n) is 2.87. The van der Waals surface area contributed by atoms with Gasteiger partial charge in [-0.3, -0.25) is 4.68 Å². The van der Waals surface area contributed by atoms with Crippen molar-refractivity contribution in [1.29, 1.82) is 0 Å². The SMILES string of the molecule is Cc1nn(C)c(C)c1-c1c(C(=O)O)nnn1CC1CCC1. The zero-order valence-corrected chi connectivity index (χ0v) is 12.5. The summed E-state index contributed by atoms with van der Waals surface area (Å²) in [6, 6.07) is 0. The number of nitrogens with zero attached hydrogens (tertiary/aromatic N) is 5. The Labute approximate surface area is 122 Å². The van der Waals surface area contributed by atoms with Gasteiger partial charge >= 0.3 is 5.97 Å². The lowest BCUT2D eigenvalue weighted by Gasteiger charge is -2.25. The molecule has 0 atom stereocenters. The molecule has 1 fully saturated rings. The van der Waals surface area contributed by atoms with Gasteiger partial charge in [-0.1, -0.05) is 11.6 Å². The quantitative estimate of drug-likeness (QED) is 0.927. The van der Waals surface area contributed by atoms with E-state index in [0.29, 0.717) is 11.6 Å². The fraction of sp³-hybridized carbons (Fsp3) is 0.571. The lowest BCUT2D eigenvalue weighted by molar-refractivity contribution is 0.0691. The molecule has 0 bridgehead atoms. The molecule has 0 amide bonds. The Morgan fingerprint density at radius 1 is 1.38 bits per heavy atom. The van der Waals surface area contributed by atoms with Crippen LogP contribution in [0, 0.1) is 19.8 Å². The molecule has 21 heavy (non-hydrogen) atoms. The zero-order chi connectivity index (χ0) is 15.1. The summed E-state index contributed by atoms with van der Waals surface area (Å²) in [5, 5.41) is 21.7. The first-order valence-corrected chi connectivity index (χ1v) is 7.16. The molecular weight excluding hydrogens is 270 g/mol. The number of aromatic carboxylic acids is 1. The molecule has 1 N–H and O–H groups in total. The number of aromatic nitrogens is 5. The second kappa shape index (κ2) is 4.98. The van der Waals surface area contributed by atoms with Gasteiger partial charge in [-0.25, -0.2) is 9.48 Å². The highest BCUT2D eigenvalue weighted by Gasteiger charge is 2.28. The van der Waals surface area contributed by atoms with Crippen molar-refractivity contribution in [2.75, 3.05) is 0 Å². The summed E-state index contributed by atoms with van der Waals surface area (Å²) in [6.45, 7) is 4.54. The predicted octanol–water partition coefficient (Wildman–Crippen LogP) is 1.79. The lowest BCUT2D eigenvalue weighted by Crippen LogP contribution is -2.19. The van der Waals surface area contributed by atoms with E-state index in [0.717, 1.165) is 23.5 Å². The molecule has 3 rings (SSSR count). The first-order valence-electron chi connectivity index (χ1n) is 7.16. The van der Waals surface area contributed by atoms with Gasteiger partial charge in [0.15, 0.2) is 5.69 Å². The van der Waals surface area contributed by atoms with E-state index in [1.165, 1.54) is 19.3 Å². The Hall–Kier alpha value is -2.18. The first kappa shape index (κ1) is 13.8. The zero-order valence-electron chi connectivity index (χ0n) is 12.5. The van der Waals surface area contributed by atoms with Gasteiger partial charge < -0.3 is 5.11 Å². The summed E-state index contributed by atoms with van der Waals surface area (Å²) in [4.78, 5) is 11.5. The van der Waals surface area contributed by atoms with E-state index in [-0.39, 0.29) is 5.69 Å². The van der Waals surface area contributed by atoms with Gasteiger partial charge in [-0.15, -0.1) is 5.10 Å². The van der Waals surface area contributed by atoms with Gasteiger partial charge in [0.2, 0.25) is 0 Å². The molecule has 0 spiro atoms. The maximum absolute atomic E-state index is 11.5. The highest BCUT2D eigenvalue weighted by molar-refractivity contribution is 5.93. The van der Waals surface area contributed by atoms with Crippen molar-refractivity contribution in [3.8, 4) is 11.3 Å². The van der Waals surface area contributed by atoms with Crippen molar-refractivity contribution < 1.29 is 9.90 Å². The van der Waals surface area contributed by atoms with Crippen LogP contribution in [0.15, 0.2) is 0 Å². The summed E-state index contributed by atoms with van der Waals surface area (Å²) in [7, 11) is 1.85. The Kier molecular flexibility index (Phi) is 3.27. The molecule has 1 aliphatic rings. The second-order valence-electron chi connectivity index (χ2n) is 5.74. The number of carboxylic acids is 1. The summed E-state index contributed by atoms with van der Waals surface area (Å²) in [5.74, 6) is -0.475. The average molecular weight is 289 g/mol. The van der Waals surface area contributed by atoms with Crippen LogP contribution < -0.4 is 0 Å². The summed E-state index contributed by atoms with van der Waals surface area (Å²) < 4.78 is 3.50. The van der Waals surface area contributed by atoms with Gasteiger partial charge in [0.05, 0.1) is 5.69 Å². The molecule has 2 aromatic rings. The minimum atomic E-state index is -1.05. The fourth-order valence-corrected chi connectivity index (χ4v) is 2.87. The monoisotopic (exact) mass is 289 g/mol. The molecular formula is C14H19N5O2. The molecule has 0 unspecified atom stereocenters. The molecule has 7 nitrogen and oxygen atoms in total. The Balaban J connectivity index is 2.13. The molecule has 112 valence electrons.